The van der Waals surface area contributed by atoms with Gasteiger partial charge in [0.2, 0.25) is 0 Å². The van der Waals surface area contributed by atoms with Crippen LogP contribution < -0.4 is 5.32 Å². The number of hydrogen-bond acceptors (Lipinski definition) is 3. The fourth-order valence-electron chi connectivity index (χ4n) is 2.99. The average Bonchev–Trinajstić information content (AvgIpc) is 2.88. The van der Waals surface area contributed by atoms with Gasteiger partial charge in [0.25, 0.3) is 0 Å². The molecule has 1 aliphatic heterocycles. The van der Waals surface area contributed by atoms with Crippen LogP contribution >= 0.6 is 0 Å². The maximum atomic E-state index is 4.45. The summed E-state index contributed by atoms with van der Waals surface area (Å²) in [4.78, 5) is 2.65. The van der Waals surface area contributed by atoms with Gasteiger partial charge in [-0.15, -0.1) is 0 Å². The molecule has 0 bridgehead atoms. The predicted octanol–water partition coefficient (Wildman–Crippen LogP) is 2.43. The summed E-state index contributed by atoms with van der Waals surface area (Å²) in [6.07, 6.45) is 5.70. The lowest BCUT2D eigenvalue weighted by molar-refractivity contribution is 0.149. The summed E-state index contributed by atoms with van der Waals surface area (Å²) in [6.45, 7) is 11.2. The fourth-order valence-corrected chi connectivity index (χ4v) is 2.99. The van der Waals surface area contributed by atoms with E-state index in [-0.39, 0.29) is 0 Å². The van der Waals surface area contributed by atoms with Gasteiger partial charge in [-0.3, -0.25) is 9.58 Å². The summed E-state index contributed by atoms with van der Waals surface area (Å²) < 4.78 is 2.16. The standard InChI is InChI=1S/C15H28N4/c1-4-11-18(14-5-8-16-9-6-14)12-15-7-10-17-19(15)13(2)3/h7,10,13-14,16H,4-6,8-9,11-12H2,1-3H3. The van der Waals surface area contributed by atoms with E-state index in [0.29, 0.717) is 6.04 Å². The van der Waals surface area contributed by atoms with Gasteiger partial charge >= 0.3 is 0 Å². The van der Waals surface area contributed by atoms with Crippen LogP contribution in [0.3, 0.4) is 0 Å². The number of nitrogens with one attached hydrogen (secondary N) is 1. The van der Waals surface area contributed by atoms with Gasteiger partial charge < -0.3 is 5.32 Å². The molecule has 1 aromatic rings. The molecule has 0 aliphatic carbocycles. The van der Waals surface area contributed by atoms with Crippen molar-refractivity contribution in [2.45, 2.75) is 58.7 Å². The number of nitrogens with zero attached hydrogens (tertiary/aromatic N) is 3. The highest BCUT2D eigenvalue weighted by molar-refractivity contribution is 5.02. The lowest BCUT2D eigenvalue weighted by atomic mass is 10.0. The van der Waals surface area contributed by atoms with Crippen molar-refractivity contribution in [2.75, 3.05) is 19.6 Å². The molecule has 108 valence electrons. The molecule has 2 heterocycles. The Labute approximate surface area is 117 Å². The van der Waals surface area contributed by atoms with Crippen LogP contribution in [0, 0.1) is 0 Å². The molecule has 1 aromatic heterocycles. The highest BCUT2D eigenvalue weighted by Gasteiger charge is 2.21. The second-order valence-electron chi connectivity index (χ2n) is 5.81. The predicted molar refractivity (Wildman–Crippen MR) is 79.2 cm³/mol. The smallest absolute Gasteiger partial charge is 0.0527 e. The second kappa shape index (κ2) is 7.06. The van der Waals surface area contributed by atoms with Crippen LogP contribution in [0.5, 0.6) is 0 Å². The minimum atomic E-state index is 0.446. The van der Waals surface area contributed by atoms with E-state index in [0.717, 1.165) is 25.7 Å². The van der Waals surface area contributed by atoms with E-state index in [1.54, 1.807) is 0 Å². The first kappa shape index (κ1) is 14.5. The van der Waals surface area contributed by atoms with Gasteiger partial charge in [-0.05, 0) is 58.8 Å². The topological polar surface area (TPSA) is 33.1 Å². The Hall–Kier alpha value is -0.870. The van der Waals surface area contributed by atoms with Crippen LogP contribution in [0.1, 0.15) is 51.8 Å². The molecule has 0 radical (unpaired) electrons. The van der Waals surface area contributed by atoms with Crippen LogP contribution in [0.25, 0.3) is 0 Å². The van der Waals surface area contributed by atoms with Crippen molar-refractivity contribution in [1.29, 1.82) is 0 Å². The molecular formula is C15H28N4. The molecule has 0 saturated carbocycles. The lowest BCUT2D eigenvalue weighted by Gasteiger charge is -2.34. The largest absolute Gasteiger partial charge is 0.317 e. The Morgan fingerprint density at radius 1 is 1.42 bits per heavy atom. The first-order chi connectivity index (χ1) is 9.22. The summed E-state index contributed by atoms with van der Waals surface area (Å²) in [7, 11) is 0. The molecule has 0 atom stereocenters. The molecule has 4 heteroatoms. The lowest BCUT2D eigenvalue weighted by Crippen LogP contribution is -2.43. The second-order valence-corrected chi connectivity index (χ2v) is 5.81. The molecule has 1 saturated heterocycles. The SMILES string of the molecule is CCCN(Cc1ccnn1C(C)C)C1CCNCC1. The molecule has 2 rings (SSSR count). The van der Waals surface area contributed by atoms with Gasteiger partial charge in [-0.25, -0.2) is 0 Å². The Balaban J connectivity index is 2.04. The Morgan fingerprint density at radius 2 is 2.16 bits per heavy atom. The quantitative estimate of drug-likeness (QED) is 0.856. The maximum absolute atomic E-state index is 4.45. The Bertz CT molecular complexity index is 366. The molecule has 1 fully saturated rings. The van der Waals surface area contributed by atoms with Gasteiger partial charge in [-0.2, -0.15) is 5.10 Å². The van der Waals surface area contributed by atoms with E-state index >= 15 is 0 Å². The van der Waals surface area contributed by atoms with E-state index in [2.05, 4.69) is 46.8 Å². The average molecular weight is 264 g/mol. The highest BCUT2D eigenvalue weighted by atomic mass is 15.3. The summed E-state index contributed by atoms with van der Waals surface area (Å²) in [6, 6.07) is 3.35. The molecule has 1 aliphatic rings. The fraction of sp³-hybridized carbons (Fsp3) is 0.800. The number of hydrogen-bond donors (Lipinski definition) is 1. The molecule has 0 unspecified atom stereocenters. The van der Waals surface area contributed by atoms with Crippen LogP contribution in [0.4, 0.5) is 0 Å². The van der Waals surface area contributed by atoms with E-state index in [1.807, 2.05) is 6.20 Å². The van der Waals surface area contributed by atoms with Crippen molar-refractivity contribution in [2.24, 2.45) is 0 Å². The number of piperidine rings is 1. The summed E-state index contributed by atoms with van der Waals surface area (Å²) in [5.74, 6) is 0. The van der Waals surface area contributed by atoms with Gasteiger partial charge in [0.1, 0.15) is 0 Å². The minimum absolute atomic E-state index is 0.446. The maximum Gasteiger partial charge on any atom is 0.0527 e. The first-order valence-electron chi connectivity index (χ1n) is 7.69. The molecule has 1 N–H and O–H groups in total. The van der Waals surface area contributed by atoms with Crippen molar-refractivity contribution in [1.82, 2.24) is 20.0 Å². The van der Waals surface area contributed by atoms with Gasteiger partial charge in [-0.1, -0.05) is 6.92 Å². The van der Waals surface area contributed by atoms with E-state index in [9.17, 15) is 0 Å². The van der Waals surface area contributed by atoms with E-state index in [1.165, 1.54) is 31.5 Å². The van der Waals surface area contributed by atoms with Crippen LogP contribution in [0.2, 0.25) is 0 Å². The zero-order chi connectivity index (χ0) is 13.7. The van der Waals surface area contributed by atoms with Gasteiger partial charge in [0, 0.05) is 24.8 Å². The van der Waals surface area contributed by atoms with Gasteiger partial charge in [0.05, 0.1) is 5.69 Å². The van der Waals surface area contributed by atoms with Gasteiger partial charge in [0.15, 0.2) is 0 Å². The molecule has 0 aromatic carbocycles. The van der Waals surface area contributed by atoms with Crippen molar-refractivity contribution in [3.05, 3.63) is 18.0 Å². The first-order valence-corrected chi connectivity index (χ1v) is 7.69. The van der Waals surface area contributed by atoms with Crippen LogP contribution in [0.15, 0.2) is 12.3 Å². The molecular weight excluding hydrogens is 236 g/mol. The molecule has 0 spiro atoms. The number of rotatable bonds is 6. The third-order valence-electron chi connectivity index (χ3n) is 3.94. The third kappa shape index (κ3) is 3.80. The van der Waals surface area contributed by atoms with E-state index < -0.39 is 0 Å². The Kier molecular flexibility index (Phi) is 5.40. The molecule has 19 heavy (non-hydrogen) atoms. The third-order valence-corrected chi connectivity index (χ3v) is 3.94. The Morgan fingerprint density at radius 3 is 2.79 bits per heavy atom. The molecule has 0 amide bonds. The van der Waals surface area contributed by atoms with Crippen molar-refractivity contribution >= 4 is 0 Å². The molecule has 4 nitrogen and oxygen atoms in total. The van der Waals surface area contributed by atoms with Crippen molar-refractivity contribution in [3.8, 4) is 0 Å². The summed E-state index contributed by atoms with van der Waals surface area (Å²) >= 11 is 0. The monoisotopic (exact) mass is 264 g/mol. The summed E-state index contributed by atoms with van der Waals surface area (Å²) in [5.41, 5.74) is 1.35. The zero-order valence-corrected chi connectivity index (χ0v) is 12.6. The van der Waals surface area contributed by atoms with Crippen molar-refractivity contribution < 1.29 is 0 Å². The highest BCUT2D eigenvalue weighted by Crippen LogP contribution is 2.17. The van der Waals surface area contributed by atoms with Crippen LogP contribution in [-0.4, -0.2) is 40.4 Å². The van der Waals surface area contributed by atoms with Crippen LogP contribution in [-0.2, 0) is 6.54 Å². The summed E-state index contributed by atoms with van der Waals surface area (Å²) in [5, 5.41) is 7.91. The number of aromatic nitrogens is 2. The van der Waals surface area contributed by atoms with E-state index in [4.69, 9.17) is 0 Å². The normalized spacial score (nSPS) is 17.5. The minimum Gasteiger partial charge on any atom is -0.317 e. The van der Waals surface area contributed by atoms with Crippen molar-refractivity contribution in [3.63, 3.8) is 0 Å². The zero-order valence-electron chi connectivity index (χ0n) is 12.6.